The fourth-order valence-corrected chi connectivity index (χ4v) is 4.17. The molecule has 3 aromatic carbocycles. The number of fused-ring (bicyclic) bond motifs is 1. The number of benzene rings is 3. The van der Waals surface area contributed by atoms with Gasteiger partial charge in [-0.05, 0) is 54.4 Å². The van der Waals surface area contributed by atoms with E-state index in [1.807, 2.05) is 32.3 Å². The van der Waals surface area contributed by atoms with E-state index < -0.39 is 0 Å². The van der Waals surface area contributed by atoms with Crippen LogP contribution >= 0.6 is 0 Å². The van der Waals surface area contributed by atoms with Crippen molar-refractivity contribution in [2.75, 3.05) is 13.7 Å². The van der Waals surface area contributed by atoms with Crippen molar-refractivity contribution in [3.8, 4) is 28.0 Å². The molecule has 0 radical (unpaired) electrons. The van der Waals surface area contributed by atoms with Gasteiger partial charge in [0.1, 0.15) is 12.4 Å². The van der Waals surface area contributed by atoms with Crippen LogP contribution in [0.5, 0.6) is 5.75 Å². The largest absolute Gasteiger partial charge is 0.490 e. The molecule has 5 aromatic rings. The van der Waals surface area contributed by atoms with E-state index >= 15 is 0 Å². The highest BCUT2D eigenvalue weighted by Crippen LogP contribution is 2.30. The predicted molar refractivity (Wildman–Crippen MR) is 133 cm³/mol. The molecule has 0 amide bonds. The minimum absolute atomic E-state index is 0.0370. The lowest BCUT2D eigenvalue weighted by Gasteiger charge is -2.21. The fraction of sp³-hybridized carbons (Fsp3) is 0.143. The minimum atomic E-state index is 0.0370. The van der Waals surface area contributed by atoms with Crippen LogP contribution in [0.1, 0.15) is 17.3 Å². The van der Waals surface area contributed by atoms with Gasteiger partial charge in [-0.3, -0.25) is 10.1 Å². The molecule has 164 valence electrons. The Bertz CT molecular complexity index is 1380. The average molecular weight is 435 g/mol. The van der Waals surface area contributed by atoms with Crippen LogP contribution in [0.25, 0.3) is 33.2 Å². The number of nitrogens with zero attached hydrogens (tertiary/aromatic N) is 2. The molecule has 0 saturated carbocycles. The van der Waals surface area contributed by atoms with Crippen LogP contribution in [0.4, 0.5) is 0 Å². The maximum atomic E-state index is 6.22. The summed E-state index contributed by atoms with van der Waals surface area (Å²) in [6.45, 7) is 2.50. The lowest BCUT2D eigenvalue weighted by molar-refractivity contribution is 0.272. The molecule has 33 heavy (non-hydrogen) atoms. The highest BCUT2D eigenvalue weighted by Gasteiger charge is 2.15. The Morgan fingerprint density at radius 2 is 1.70 bits per heavy atom. The van der Waals surface area contributed by atoms with Crippen LogP contribution in [0.3, 0.4) is 0 Å². The van der Waals surface area contributed by atoms with E-state index in [1.54, 1.807) is 6.20 Å². The van der Waals surface area contributed by atoms with E-state index in [-0.39, 0.29) is 6.04 Å². The topological polar surface area (TPSA) is 62.8 Å². The van der Waals surface area contributed by atoms with Gasteiger partial charge in [-0.25, -0.2) is 0 Å². The van der Waals surface area contributed by atoms with Gasteiger partial charge in [0.2, 0.25) is 0 Å². The number of aromatic nitrogens is 3. The number of ether oxygens (including phenoxy) is 1. The van der Waals surface area contributed by atoms with Gasteiger partial charge >= 0.3 is 0 Å². The van der Waals surface area contributed by atoms with Crippen LogP contribution in [-0.4, -0.2) is 28.8 Å². The number of rotatable bonds is 7. The van der Waals surface area contributed by atoms with Crippen molar-refractivity contribution in [2.45, 2.75) is 13.0 Å². The lowest BCUT2D eigenvalue weighted by Crippen LogP contribution is -2.24. The van der Waals surface area contributed by atoms with Crippen molar-refractivity contribution in [3.05, 3.63) is 103 Å². The molecule has 5 rings (SSSR count). The number of aromatic amines is 1. The van der Waals surface area contributed by atoms with Crippen LogP contribution < -0.4 is 10.1 Å². The van der Waals surface area contributed by atoms with Gasteiger partial charge in [-0.2, -0.15) is 5.10 Å². The summed E-state index contributed by atoms with van der Waals surface area (Å²) in [5.41, 5.74) is 7.73. The second-order valence-electron chi connectivity index (χ2n) is 8.08. The first kappa shape index (κ1) is 20.9. The Morgan fingerprint density at radius 3 is 2.55 bits per heavy atom. The third-order valence-corrected chi connectivity index (χ3v) is 5.99. The molecule has 5 heteroatoms. The average Bonchev–Trinajstić information content (AvgIpc) is 3.25. The Labute approximate surface area is 193 Å². The summed E-state index contributed by atoms with van der Waals surface area (Å²) in [5.74, 6) is 0.744. The molecule has 2 N–H and O–H groups in total. The number of pyridine rings is 1. The smallest absolute Gasteiger partial charge is 0.138 e. The number of H-pyrrole nitrogens is 1. The number of hydrogen-bond acceptors (Lipinski definition) is 4. The zero-order valence-corrected chi connectivity index (χ0v) is 18.7. The van der Waals surface area contributed by atoms with Gasteiger partial charge in [0.15, 0.2) is 0 Å². The van der Waals surface area contributed by atoms with Crippen LogP contribution in [0.2, 0.25) is 0 Å². The number of hydrogen-bond donors (Lipinski definition) is 2. The molecule has 0 spiro atoms. The molecule has 0 saturated heterocycles. The summed E-state index contributed by atoms with van der Waals surface area (Å²) in [7, 11) is 1.97. The van der Waals surface area contributed by atoms with Gasteiger partial charge in [0, 0.05) is 17.1 Å². The van der Waals surface area contributed by atoms with E-state index in [1.165, 1.54) is 16.7 Å². The molecule has 2 heterocycles. The summed E-state index contributed by atoms with van der Waals surface area (Å²) in [4.78, 5) is 4.42. The van der Waals surface area contributed by atoms with Crippen molar-refractivity contribution < 1.29 is 4.74 Å². The second-order valence-corrected chi connectivity index (χ2v) is 8.08. The quantitative estimate of drug-likeness (QED) is 0.333. The summed E-state index contributed by atoms with van der Waals surface area (Å²) in [5, 5.41) is 11.9. The molecule has 5 nitrogen and oxygen atoms in total. The monoisotopic (exact) mass is 434 g/mol. The molecule has 0 unspecified atom stereocenters. The summed E-state index contributed by atoms with van der Waals surface area (Å²) in [6.07, 6.45) is 3.63. The summed E-state index contributed by atoms with van der Waals surface area (Å²) in [6, 6.07) is 27.3. The highest BCUT2D eigenvalue weighted by molar-refractivity contribution is 5.86. The number of aryl methyl sites for hydroxylation is 1. The zero-order chi connectivity index (χ0) is 22.6. The van der Waals surface area contributed by atoms with Gasteiger partial charge in [0.05, 0.1) is 23.4 Å². The Balaban J connectivity index is 1.38. The SMILES string of the molecule is CN[C@H](COc1cncc(-c2ccc3[nH]nc(C)c3c2)c1)c1ccccc1-c1ccccc1. The zero-order valence-electron chi connectivity index (χ0n) is 18.7. The summed E-state index contributed by atoms with van der Waals surface area (Å²) < 4.78 is 6.22. The maximum absolute atomic E-state index is 6.22. The van der Waals surface area contributed by atoms with Crippen LogP contribution in [0, 0.1) is 6.92 Å². The lowest BCUT2D eigenvalue weighted by atomic mass is 9.95. The van der Waals surface area contributed by atoms with E-state index in [0.717, 1.165) is 33.5 Å². The van der Waals surface area contributed by atoms with Crippen molar-refractivity contribution in [1.29, 1.82) is 0 Å². The Hall–Kier alpha value is -3.96. The molecule has 2 aromatic heterocycles. The highest BCUT2D eigenvalue weighted by atomic mass is 16.5. The van der Waals surface area contributed by atoms with Crippen molar-refractivity contribution in [2.24, 2.45) is 0 Å². The molecule has 0 bridgehead atoms. The predicted octanol–water partition coefficient (Wildman–Crippen LogP) is 5.94. The third-order valence-electron chi connectivity index (χ3n) is 5.99. The summed E-state index contributed by atoms with van der Waals surface area (Å²) >= 11 is 0. The molecule has 1 atom stereocenters. The Kier molecular flexibility index (Phi) is 5.87. The van der Waals surface area contributed by atoms with E-state index in [2.05, 4.69) is 87.2 Å². The van der Waals surface area contributed by atoms with Crippen LogP contribution in [0.15, 0.2) is 91.3 Å². The van der Waals surface area contributed by atoms with E-state index in [0.29, 0.717) is 6.61 Å². The second kappa shape index (κ2) is 9.27. The van der Waals surface area contributed by atoms with Gasteiger partial charge in [-0.15, -0.1) is 0 Å². The third kappa shape index (κ3) is 4.36. The van der Waals surface area contributed by atoms with Gasteiger partial charge < -0.3 is 10.1 Å². The molecule has 0 aliphatic carbocycles. The van der Waals surface area contributed by atoms with Crippen molar-refractivity contribution >= 4 is 10.9 Å². The number of likely N-dealkylation sites (N-methyl/N-ethyl adjacent to an activating group) is 1. The van der Waals surface area contributed by atoms with E-state index in [4.69, 9.17) is 4.74 Å². The standard InChI is InChI=1S/C28H26N4O/c1-19-26-15-21(12-13-27(26)32-31-19)22-14-23(17-30-16-22)33-18-28(29-2)25-11-7-6-10-24(25)20-8-4-3-5-9-20/h3-17,28-29H,18H2,1-2H3,(H,31,32)/t28-/m1/s1. The molecule has 0 aliphatic heterocycles. The molecule has 0 aliphatic rings. The first-order chi connectivity index (χ1) is 16.2. The Morgan fingerprint density at radius 1 is 0.879 bits per heavy atom. The van der Waals surface area contributed by atoms with Gasteiger partial charge in [0.25, 0.3) is 0 Å². The number of nitrogens with one attached hydrogen (secondary N) is 2. The minimum Gasteiger partial charge on any atom is -0.490 e. The van der Waals surface area contributed by atoms with Gasteiger partial charge in [-0.1, -0.05) is 60.7 Å². The molecular weight excluding hydrogens is 408 g/mol. The first-order valence-electron chi connectivity index (χ1n) is 11.1. The maximum Gasteiger partial charge on any atom is 0.138 e. The van der Waals surface area contributed by atoms with E-state index in [9.17, 15) is 0 Å². The van der Waals surface area contributed by atoms with Crippen molar-refractivity contribution in [3.63, 3.8) is 0 Å². The fourth-order valence-electron chi connectivity index (χ4n) is 4.17. The molecular formula is C28H26N4O. The van der Waals surface area contributed by atoms with Crippen molar-refractivity contribution in [1.82, 2.24) is 20.5 Å². The van der Waals surface area contributed by atoms with Crippen LogP contribution in [-0.2, 0) is 0 Å². The first-order valence-corrected chi connectivity index (χ1v) is 11.1. The normalized spacial score (nSPS) is 12.1. The molecule has 0 fully saturated rings.